The van der Waals surface area contributed by atoms with Crippen LogP contribution in [0.3, 0.4) is 0 Å². The summed E-state index contributed by atoms with van der Waals surface area (Å²) in [6.45, 7) is 2.73. The fourth-order valence-corrected chi connectivity index (χ4v) is 4.07. The zero-order valence-corrected chi connectivity index (χ0v) is 11.5. The zero-order valence-electron chi connectivity index (χ0n) is 9.84. The molecule has 0 bridgehead atoms. The number of piperazine rings is 1. The highest BCUT2D eigenvalue weighted by atomic mass is 32.2. The quantitative estimate of drug-likeness (QED) is 0.774. The molecule has 1 aromatic rings. The van der Waals surface area contributed by atoms with Gasteiger partial charge in [0.05, 0.1) is 12.3 Å². The number of nitrogens with two attached hydrogens (primary N) is 1. The fraction of sp³-hybridized carbons (Fsp3) is 0.556. The van der Waals surface area contributed by atoms with E-state index in [9.17, 15) is 13.2 Å². The maximum atomic E-state index is 12.0. The smallest absolute Gasteiger partial charge is 0.239 e. The molecule has 0 saturated carbocycles. The number of amides is 1. The maximum absolute atomic E-state index is 12.0. The predicted molar refractivity (Wildman–Crippen MR) is 69.5 cm³/mol. The van der Waals surface area contributed by atoms with Crippen molar-refractivity contribution < 1.29 is 13.2 Å². The van der Waals surface area contributed by atoms with Crippen LogP contribution in [-0.2, 0) is 14.6 Å². The lowest BCUT2D eigenvalue weighted by Crippen LogP contribution is -2.47. The van der Waals surface area contributed by atoms with Gasteiger partial charge in [-0.3, -0.25) is 4.79 Å². The minimum Gasteiger partial charge on any atom is -0.382 e. The average Bonchev–Trinajstić information content (AvgIpc) is 2.72. The molecule has 1 fully saturated rings. The largest absolute Gasteiger partial charge is 0.382 e. The minimum atomic E-state index is -3.43. The molecular formula is C9H14N4O3S2. The molecule has 100 valence electrons. The number of hydrogen-bond acceptors (Lipinski definition) is 7. The number of nitrogen functional groups attached to an aromatic ring is 1. The summed E-state index contributed by atoms with van der Waals surface area (Å²) in [4.78, 5) is 13.1. The number of rotatable bonds is 3. The van der Waals surface area contributed by atoms with Crippen molar-refractivity contribution in [2.75, 3.05) is 36.0 Å². The fourth-order valence-electron chi connectivity index (χ4n) is 1.73. The molecule has 9 heteroatoms. The maximum Gasteiger partial charge on any atom is 0.239 e. The molecule has 3 N–H and O–H groups in total. The van der Waals surface area contributed by atoms with Gasteiger partial charge in [-0.15, -0.1) is 0 Å². The molecule has 2 rings (SSSR count). The summed E-state index contributed by atoms with van der Waals surface area (Å²) in [5.41, 5.74) is 5.64. The molecule has 1 aliphatic heterocycles. The van der Waals surface area contributed by atoms with Crippen LogP contribution in [0.2, 0.25) is 0 Å². The summed E-state index contributed by atoms with van der Waals surface area (Å²) in [5, 5.41) is 3.15. The number of hydrogen-bond donors (Lipinski definition) is 2. The SMILES string of the molecule is CCS(=O)(=O)c1c(N)nsc1N1CCNC(=O)C1. The Morgan fingerprint density at radius 2 is 2.28 bits per heavy atom. The van der Waals surface area contributed by atoms with Crippen LogP contribution in [0, 0.1) is 0 Å². The molecule has 0 radical (unpaired) electrons. The third-order valence-electron chi connectivity index (χ3n) is 2.67. The highest BCUT2D eigenvalue weighted by molar-refractivity contribution is 7.91. The van der Waals surface area contributed by atoms with Crippen LogP contribution in [0.1, 0.15) is 6.92 Å². The molecule has 1 aromatic heterocycles. The third kappa shape index (κ3) is 2.27. The van der Waals surface area contributed by atoms with E-state index in [1.54, 1.807) is 11.8 Å². The van der Waals surface area contributed by atoms with Gasteiger partial charge in [-0.05, 0) is 11.5 Å². The molecule has 1 saturated heterocycles. The molecule has 1 aliphatic rings. The van der Waals surface area contributed by atoms with Crippen LogP contribution >= 0.6 is 11.5 Å². The van der Waals surface area contributed by atoms with E-state index in [4.69, 9.17) is 5.73 Å². The van der Waals surface area contributed by atoms with Gasteiger partial charge in [-0.1, -0.05) is 6.92 Å². The van der Waals surface area contributed by atoms with Gasteiger partial charge in [0.25, 0.3) is 0 Å². The summed E-state index contributed by atoms with van der Waals surface area (Å²) < 4.78 is 27.9. The first-order chi connectivity index (χ1) is 8.45. The van der Waals surface area contributed by atoms with Crippen molar-refractivity contribution in [1.82, 2.24) is 9.69 Å². The van der Waals surface area contributed by atoms with Crippen molar-refractivity contribution in [1.29, 1.82) is 0 Å². The molecule has 0 unspecified atom stereocenters. The van der Waals surface area contributed by atoms with E-state index < -0.39 is 9.84 Å². The van der Waals surface area contributed by atoms with Crippen LogP contribution < -0.4 is 16.0 Å². The highest BCUT2D eigenvalue weighted by Gasteiger charge is 2.29. The van der Waals surface area contributed by atoms with Gasteiger partial charge in [0, 0.05) is 13.1 Å². The highest BCUT2D eigenvalue weighted by Crippen LogP contribution is 2.35. The Bertz CT molecular complexity index is 566. The van der Waals surface area contributed by atoms with Crippen molar-refractivity contribution in [3.63, 3.8) is 0 Å². The van der Waals surface area contributed by atoms with Gasteiger partial charge in [-0.25, -0.2) is 8.42 Å². The molecule has 0 aliphatic carbocycles. The number of carbonyl (C=O) groups is 1. The molecule has 0 aromatic carbocycles. The van der Waals surface area contributed by atoms with Crippen LogP contribution in [0.5, 0.6) is 0 Å². The standard InChI is InChI=1S/C9H14N4O3S2/c1-2-18(15,16)7-8(10)12-17-9(7)13-4-3-11-6(14)5-13/h2-5H2,1H3,(H2,10,12)(H,11,14). The molecule has 18 heavy (non-hydrogen) atoms. The minimum absolute atomic E-state index is 0.0165. The normalized spacial score (nSPS) is 16.7. The van der Waals surface area contributed by atoms with Crippen molar-refractivity contribution in [3.05, 3.63) is 0 Å². The molecule has 7 nitrogen and oxygen atoms in total. The lowest BCUT2D eigenvalue weighted by molar-refractivity contribution is -0.120. The number of aromatic nitrogens is 1. The van der Waals surface area contributed by atoms with Gasteiger partial charge in [-0.2, -0.15) is 4.37 Å². The topological polar surface area (TPSA) is 105 Å². The zero-order chi connectivity index (χ0) is 13.3. The Balaban J connectivity index is 2.43. The van der Waals surface area contributed by atoms with Crippen LogP contribution in [0.25, 0.3) is 0 Å². The first-order valence-electron chi connectivity index (χ1n) is 5.45. The second-order valence-corrected chi connectivity index (χ2v) is 6.84. The lowest BCUT2D eigenvalue weighted by atomic mass is 10.3. The van der Waals surface area contributed by atoms with E-state index in [-0.39, 0.29) is 28.9 Å². The van der Waals surface area contributed by atoms with Gasteiger partial charge >= 0.3 is 0 Å². The van der Waals surface area contributed by atoms with Crippen molar-refractivity contribution in [2.45, 2.75) is 11.8 Å². The number of nitrogens with zero attached hydrogens (tertiary/aromatic N) is 2. The lowest BCUT2D eigenvalue weighted by Gasteiger charge is -2.27. The van der Waals surface area contributed by atoms with Gasteiger partial charge in [0.2, 0.25) is 5.91 Å². The summed E-state index contributed by atoms with van der Waals surface area (Å²) in [6, 6.07) is 0. The first kappa shape index (κ1) is 13.1. The molecule has 1 amide bonds. The van der Waals surface area contributed by atoms with Crippen LogP contribution in [0.15, 0.2) is 4.90 Å². The average molecular weight is 290 g/mol. The van der Waals surface area contributed by atoms with E-state index in [0.29, 0.717) is 18.1 Å². The summed E-state index contributed by atoms with van der Waals surface area (Å²) in [7, 11) is -3.43. The van der Waals surface area contributed by atoms with E-state index in [2.05, 4.69) is 9.69 Å². The Hall–Kier alpha value is -1.35. The number of nitrogens with one attached hydrogen (secondary N) is 1. The van der Waals surface area contributed by atoms with Crippen LogP contribution in [0.4, 0.5) is 10.8 Å². The second-order valence-electron chi connectivity index (χ2n) is 3.88. The Labute approximate surface area is 109 Å². The summed E-state index contributed by atoms with van der Waals surface area (Å²) in [5.74, 6) is -0.154. The summed E-state index contributed by atoms with van der Waals surface area (Å²) >= 11 is 1.02. The Kier molecular flexibility index (Phi) is 3.44. The van der Waals surface area contributed by atoms with Gasteiger partial charge in [0.1, 0.15) is 9.90 Å². The predicted octanol–water partition coefficient (Wildman–Crippen LogP) is -0.545. The second kappa shape index (κ2) is 4.73. The van der Waals surface area contributed by atoms with E-state index in [1.807, 2.05) is 0 Å². The molecular weight excluding hydrogens is 276 g/mol. The van der Waals surface area contributed by atoms with Gasteiger partial charge in [0.15, 0.2) is 15.7 Å². The monoisotopic (exact) mass is 290 g/mol. The van der Waals surface area contributed by atoms with Gasteiger partial charge < -0.3 is 16.0 Å². The van der Waals surface area contributed by atoms with Crippen molar-refractivity contribution in [3.8, 4) is 0 Å². The number of carbonyl (C=O) groups excluding carboxylic acids is 1. The number of anilines is 2. The summed E-state index contributed by atoms with van der Waals surface area (Å²) in [6.07, 6.45) is 0. The van der Waals surface area contributed by atoms with Crippen molar-refractivity contribution in [2.24, 2.45) is 0 Å². The number of sulfone groups is 1. The third-order valence-corrected chi connectivity index (χ3v) is 5.51. The van der Waals surface area contributed by atoms with E-state index >= 15 is 0 Å². The molecule has 2 heterocycles. The molecule has 0 spiro atoms. The van der Waals surface area contributed by atoms with E-state index in [1.165, 1.54) is 0 Å². The molecule has 0 atom stereocenters. The van der Waals surface area contributed by atoms with Crippen molar-refractivity contribution >= 4 is 38.1 Å². The van der Waals surface area contributed by atoms with E-state index in [0.717, 1.165) is 11.5 Å². The first-order valence-corrected chi connectivity index (χ1v) is 7.88. The van der Waals surface area contributed by atoms with Crippen LogP contribution in [-0.4, -0.2) is 44.1 Å². The Morgan fingerprint density at radius 3 is 2.89 bits per heavy atom. The Morgan fingerprint density at radius 1 is 1.56 bits per heavy atom.